The lowest BCUT2D eigenvalue weighted by molar-refractivity contribution is -0.123. The van der Waals surface area contributed by atoms with Crippen molar-refractivity contribution in [3.8, 4) is 0 Å². The van der Waals surface area contributed by atoms with E-state index in [2.05, 4.69) is 0 Å². The zero-order chi connectivity index (χ0) is 9.14. The second kappa shape index (κ2) is 3.98. The van der Waals surface area contributed by atoms with Gasteiger partial charge in [0.2, 0.25) is 0 Å². The number of hydrogen-bond donors (Lipinski definition) is 2. The van der Waals surface area contributed by atoms with Crippen molar-refractivity contribution in [1.82, 2.24) is 4.90 Å². The number of likely N-dealkylation sites (tertiary alicyclic amines) is 1. The number of hydrogen-bond acceptors (Lipinski definition) is 4. The largest absolute Gasteiger partial charge is 0.394 e. The predicted molar refractivity (Wildman–Crippen MR) is 43.8 cm³/mol. The maximum Gasteiger partial charge on any atom is 0.149 e. The number of carbonyl (C=O) groups excluding carboxylic acids is 1. The molecule has 2 atom stereocenters. The summed E-state index contributed by atoms with van der Waals surface area (Å²) in [6.07, 6.45) is 0.363. The third-order valence-electron chi connectivity index (χ3n) is 2.28. The second-order valence-electron chi connectivity index (χ2n) is 3.25. The van der Waals surface area contributed by atoms with Crippen LogP contribution in [0.2, 0.25) is 0 Å². The highest BCUT2D eigenvalue weighted by molar-refractivity contribution is 5.81. The number of nitrogens with zero attached hydrogens (tertiary/aromatic N) is 1. The van der Waals surface area contributed by atoms with Crippen LogP contribution in [-0.4, -0.2) is 52.7 Å². The summed E-state index contributed by atoms with van der Waals surface area (Å²) in [6, 6.07) is -0.415. The molecule has 1 heterocycles. The smallest absolute Gasteiger partial charge is 0.149 e. The molecule has 0 radical (unpaired) electrons. The molecule has 2 N–H and O–H groups in total. The van der Waals surface area contributed by atoms with Gasteiger partial charge in [0.05, 0.1) is 18.8 Å². The Hall–Kier alpha value is -0.450. The standard InChI is InChI=1S/C8H15NO3/c1-6(11)8(5-10)9-3-2-7(12)4-9/h7-8,10,12H,2-5H2,1H3/t7?,8-/m0/s1. The molecule has 70 valence electrons. The Labute approximate surface area is 71.8 Å². The zero-order valence-corrected chi connectivity index (χ0v) is 7.23. The Morgan fingerprint density at radius 3 is 2.75 bits per heavy atom. The summed E-state index contributed by atoms with van der Waals surface area (Å²) in [6.45, 7) is 2.52. The number of aliphatic hydroxyl groups is 2. The van der Waals surface area contributed by atoms with Gasteiger partial charge in [-0.05, 0) is 13.3 Å². The zero-order valence-electron chi connectivity index (χ0n) is 7.23. The molecule has 1 aliphatic rings. The highest BCUT2D eigenvalue weighted by atomic mass is 16.3. The minimum atomic E-state index is -0.415. The second-order valence-corrected chi connectivity index (χ2v) is 3.25. The van der Waals surface area contributed by atoms with Crippen LogP contribution in [0, 0.1) is 0 Å². The lowest BCUT2D eigenvalue weighted by Gasteiger charge is -2.22. The van der Waals surface area contributed by atoms with E-state index in [1.54, 1.807) is 0 Å². The Bertz CT molecular complexity index is 172. The van der Waals surface area contributed by atoms with Crippen molar-refractivity contribution >= 4 is 5.78 Å². The third kappa shape index (κ3) is 2.03. The molecule has 4 nitrogen and oxygen atoms in total. The average molecular weight is 173 g/mol. The fourth-order valence-corrected chi connectivity index (χ4v) is 1.55. The van der Waals surface area contributed by atoms with Gasteiger partial charge < -0.3 is 10.2 Å². The van der Waals surface area contributed by atoms with Gasteiger partial charge in [-0.25, -0.2) is 0 Å². The molecule has 0 bridgehead atoms. The molecular weight excluding hydrogens is 158 g/mol. The Morgan fingerprint density at radius 2 is 2.42 bits per heavy atom. The van der Waals surface area contributed by atoms with Crippen molar-refractivity contribution in [3.05, 3.63) is 0 Å². The lowest BCUT2D eigenvalue weighted by atomic mass is 10.2. The molecular formula is C8H15NO3. The minimum Gasteiger partial charge on any atom is -0.394 e. The Balaban J connectivity index is 2.49. The highest BCUT2D eigenvalue weighted by Gasteiger charge is 2.28. The van der Waals surface area contributed by atoms with Crippen LogP contribution in [0.4, 0.5) is 0 Å². The summed E-state index contributed by atoms with van der Waals surface area (Å²) in [5.74, 6) is -0.0356. The van der Waals surface area contributed by atoms with E-state index in [9.17, 15) is 9.90 Å². The molecule has 0 aromatic carbocycles. The fourth-order valence-electron chi connectivity index (χ4n) is 1.55. The van der Waals surface area contributed by atoms with Crippen LogP contribution >= 0.6 is 0 Å². The number of rotatable bonds is 3. The van der Waals surface area contributed by atoms with E-state index in [4.69, 9.17) is 5.11 Å². The number of β-amino-alcohol motifs (C(OH)–C–C–N with tert-alkyl or cyclic N) is 1. The normalized spacial score (nSPS) is 27.4. The predicted octanol–water partition coefficient (Wildman–Crippen LogP) is -0.997. The Morgan fingerprint density at radius 1 is 1.75 bits per heavy atom. The molecule has 1 saturated heterocycles. The molecule has 1 rings (SSSR count). The van der Waals surface area contributed by atoms with E-state index < -0.39 is 6.04 Å². The highest BCUT2D eigenvalue weighted by Crippen LogP contribution is 2.12. The van der Waals surface area contributed by atoms with Gasteiger partial charge in [-0.3, -0.25) is 9.69 Å². The molecule has 1 aliphatic heterocycles. The van der Waals surface area contributed by atoms with Crippen LogP contribution in [0.1, 0.15) is 13.3 Å². The van der Waals surface area contributed by atoms with Gasteiger partial charge in [0.1, 0.15) is 5.78 Å². The van der Waals surface area contributed by atoms with E-state index in [0.29, 0.717) is 19.5 Å². The molecule has 4 heteroatoms. The molecule has 0 saturated carbocycles. The first-order valence-electron chi connectivity index (χ1n) is 4.18. The van der Waals surface area contributed by atoms with Crippen molar-refractivity contribution in [3.63, 3.8) is 0 Å². The Kier molecular flexibility index (Phi) is 3.20. The SMILES string of the molecule is CC(=O)[C@H](CO)N1CCC(O)C1. The van der Waals surface area contributed by atoms with Gasteiger partial charge in [0.15, 0.2) is 0 Å². The van der Waals surface area contributed by atoms with E-state index in [1.807, 2.05) is 4.90 Å². The summed E-state index contributed by atoms with van der Waals surface area (Å²) < 4.78 is 0. The number of ketones is 1. The van der Waals surface area contributed by atoms with Crippen LogP contribution in [0.3, 0.4) is 0 Å². The van der Waals surface area contributed by atoms with Crippen molar-refractivity contribution in [2.24, 2.45) is 0 Å². The maximum atomic E-state index is 11.0. The molecule has 0 aromatic rings. The number of Topliss-reactive ketones (excluding diaryl/α,β-unsaturated/α-hetero) is 1. The number of aliphatic hydroxyl groups excluding tert-OH is 2. The first-order chi connectivity index (χ1) is 5.65. The van der Waals surface area contributed by atoms with Gasteiger partial charge in [-0.15, -0.1) is 0 Å². The summed E-state index contributed by atoms with van der Waals surface area (Å²) in [7, 11) is 0. The summed E-state index contributed by atoms with van der Waals surface area (Å²) in [5, 5.41) is 18.1. The lowest BCUT2D eigenvalue weighted by Crippen LogP contribution is -2.41. The van der Waals surface area contributed by atoms with E-state index in [1.165, 1.54) is 6.92 Å². The number of carbonyl (C=O) groups is 1. The first kappa shape index (κ1) is 9.64. The molecule has 1 fully saturated rings. The minimum absolute atomic E-state index is 0.0356. The topological polar surface area (TPSA) is 60.8 Å². The summed E-state index contributed by atoms with van der Waals surface area (Å²) in [5.41, 5.74) is 0. The van der Waals surface area contributed by atoms with Gasteiger partial charge >= 0.3 is 0 Å². The molecule has 1 unspecified atom stereocenters. The monoisotopic (exact) mass is 173 g/mol. The molecule has 0 aromatic heterocycles. The quantitative estimate of drug-likeness (QED) is 0.575. The van der Waals surface area contributed by atoms with Crippen molar-refractivity contribution in [2.45, 2.75) is 25.5 Å². The van der Waals surface area contributed by atoms with E-state index in [0.717, 1.165) is 0 Å². The van der Waals surface area contributed by atoms with Gasteiger partial charge in [0, 0.05) is 13.1 Å². The van der Waals surface area contributed by atoms with Gasteiger partial charge in [-0.1, -0.05) is 0 Å². The van der Waals surface area contributed by atoms with Crippen molar-refractivity contribution in [1.29, 1.82) is 0 Å². The van der Waals surface area contributed by atoms with Crippen LogP contribution in [0.5, 0.6) is 0 Å². The fraction of sp³-hybridized carbons (Fsp3) is 0.875. The summed E-state index contributed by atoms with van der Waals surface area (Å²) >= 11 is 0. The molecule has 0 aliphatic carbocycles. The first-order valence-corrected chi connectivity index (χ1v) is 4.18. The molecule has 12 heavy (non-hydrogen) atoms. The van der Waals surface area contributed by atoms with Crippen LogP contribution < -0.4 is 0 Å². The van der Waals surface area contributed by atoms with Crippen LogP contribution in [0.25, 0.3) is 0 Å². The van der Waals surface area contributed by atoms with Crippen LogP contribution in [-0.2, 0) is 4.79 Å². The maximum absolute atomic E-state index is 11.0. The summed E-state index contributed by atoms with van der Waals surface area (Å²) in [4.78, 5) is 12.8. The van der Waals surface area contributed by atoms with E-state index >= 15 is 0 Å². The van der Waals surface area contributed by atoms with Gasteiger partial charge in [0.25, 0.3) is 0 Å². The molecule has 0 spiro atoms. The van der Waals surface area contributed by atoms with E-state index in [-0.39, 0.29) is 18.5 Å². The van der Waals surface area contributed by atoms with Crippen molar-refractivity contribution < 1.29 is 15.0 Å². The average Bonchev–Trinajstić information content (AvgIpc) is 2.37. The third-order valence-corrected chi connectivity index (χ3v) is 2.28. The van der Waals surface area contributed by atoms with Crippen LogP contribution in [0.15, 0.2) is 0 Å². The van der Waals surface area contributed by atoms with Crippen molar-refractivity contribution in [2.75, 3.05) is 19.7 Å². The van der Waals surface area contributed by atoms with Gasteiger partial charge in [-0.2, -0.15) is 0 Å². The molecule has 0 amide bonds.